The molecule has 1 amide bonds. The number of hydrogen-bond acceptors (Lipinski definition) is 6. The molecule has 1 aliphatic rings. The molecule has 0 bridgehead atoms. The Morgan fingerprint density at radius 1 is 1.03 bits per heavy atom. The fraction of sp³-hybridized carbons (Fsp3) is 0.143. The highest BCUT2D eigenvalue weighted by Crippen LogP contribution is 2.24. The highest BCUT2D eigenvalue weighted by atomic mass is 16.5. The van der Waals surface area contributed by atoms with Crippen LogP contribution in [0.25, 0.3) is 5.69 Å². The molecule has 0 fully saturated rings. The molecular formula is C21H19N5O3. The van der Waals surface area contributed by atoms with Crippen molar-refractivity contribution >= 4 is 23.3 Å². The van der Waals surface area contributed by atoms with Gasteiger partial charge in [-0.2, -0.15) is 10.2 Å². The molecular weight excluding hydrogens is 370 g/mol. The van der Waals surface area contributed by atoms with E-state index in [2.05, 4.69) is 10.2 Å². The number of ether oxygens (including phenoxy) is 1. The second kappa shape index (κ2) is 7.97. The van der Waals surface area contributed by atoms with Gasteiger partial charge in [0.1, 0.15) is 18.4 Å². The van der Waals surface area contributed by atoms with E-state index in [1.807, 2.05) is 54.7 Å². The van der Waals surface area contributed by atoms with E-state index < -0.39 is 17.9 Å². The summed E-state index contributed by atoms with van der Waals surface area (Å²) in [5.74, 6) is -1.11. The van der Waals surface area contributed by atoms with Crippen LogP contribution in [-0.4, -0.2) is 33.4 Å². The first kappa shape index (κ1) is 18.4. The molecule has 0 aliphatic carbocycles. The Morgan fingerprint density at radius 3 is 2.45 bits per heavy atom. The van der Waals surface area contributed by atoms with Crippen LogP contribution in [0, 0.1) is 0 Å². The minimum atomic E-state index is -0.715. The van der Waals surface area contributed by atoms with E-state index in [-0.39, 0.29) is 18.7 Å². The number of hydrazone groups is 1. The van der Waals surface area contributed by atoms with E-state index in [1.165, 1.54) is 5.01 Å². The van der Waals surface area contributed by atoms with Gasteiger partial charge in [0.2, 0.25) is 5.91 Å². The zero-order valence-electron chi connectivity index (χ0n) is 15.5. The topological polar surface area (TPSA) is 103 Å². The maximum Gasteiger partial charge on any atom is 0.354 e. The van der Waals surface area contributed by atoms with Crippen LogP contribution in [0.4, 0.5) is 5.69 Å². The average molecular weight is 389 g/mol. The number of nitrogens with two attached hydrogens (primary N) is 1. The molecule has 146 valence electrons. The Hall–Kier alpha value is -3.94. The van der Waals surface area contributed by atoms with Crippen molar-refractivity contribution in [1.82, 2.24) is 9.78 Å². The summed E-state index contributed by atoms with van der Waals surface area (Å²) in [6, 6.07) is 17.8. The molecule has 8 nitrogen and oxygen atoms in total. The van der Waals surface area contributed by atoms with Crippen LogP contribution in [0.3, 0.4) is 0 Å². The van der Waals surface area contributed by atoms with Gasteiger partial charge in [-0.05, 0) is 35.9 Å². The van der Waals surface area contributed by atoms with Crippen molar-refractivity contribution in [3.8, 4) is 5.69 Å². The van der Waals surface area contributed by atoms with Crippen molar-refractivity contribution in [2.24, 2.45) is 10.8 Å². The summed E-state index contributed by atoms with van der Waals surface area (Å²) in [5.41, 5.74) is 8.10. The predicted octanol–water partition coefficient (Wildman–Crippen LogP) is 2.04. The summed E-state index contributed by atoms with van der Waals surface area (Å²) in [5, 5.41) is 9.92. The van der Waals surface area contributed by atoms with Crippen molar-refractivity contribution in [2.75, 3.05) is 5.01 Å². The van der Waals surface area contributed by atoms with Gasteiger partial charge < -0.3 is 10.5 Å². The second-order valence-electron chi connectivity index (χ2n) is 6.54. The molecule has 3 aromatic rings. The van der Waals surface area contributed by atoms with E-state index in [1.54, 1.807) is 23.0 Å². The Labute approximate surface area is 167 Å². The number of esters is 1. The SMILES string of the molecule is NC(=O)C1CC(C(=O)OCc2ccc(-n3cccn3)cc2)=NN1c1ccccc1. The van der Waals surface area contributed by atoms with Crippen LogP contribution in [0.2, 0.25) is 0 Å². The molecule has 4 rings (SSSR count). The first-order valence-electron chi connectivity index (χ1n) is 9.09. The van der Waals surface area contributed by atoms with Crippen LogP contribution < -0.4 is 10.7 Å². The Kier molecular flexibility index (Phi) is 5.07. The zero-order chi connectivity index (χ0) is 20.2. The van der Waals surface area contributed by atoms with Crippen LogP contribution in [0.15, 0.2) is 78.2 Å². The second-order valence-corrected chi connectivity index (χ2v) is 6.54. The van der Waals surface area contributed by atoms with Gasteiger partial charge >= 0.3 is 5.97 Å². The van der Waals surface area contributed by atoms with E-state index in [0.29, 0.717) is 5.69 Å². The number of para-hydroxylation sites is 1. The standard InChI is InChI=1S/C21H19N5O3/c22-20(27)19-13-18(24-26(19)17-5-2-1-3-6-17)21(28)29-14-15-7-9-16(10-8-15)25-12-4-11-23-25/h1-12,19H,13-14H2,(H2,22,27). The van der Waals surface area contributed by atoms with Crippen LogP contribution >= 0.6 is 0 Å². The summed E-state index contributed by atoms with van der Waals surface area (Å²) < 4.78 is 7.13. The third-order valence-electron chi connectivity index (χ3n) is 4.57. The van der Waals surface area contributed by atoms with Crippen LogP contribution in [-0.2, 0) is 20.9 Å². The third kappa shape index (κ3) is 4.01. The van der Waals surface area contributed by atoms with Crippen molar-refractivity contribution in [1.29, 1.82) is 0 Å². The molecule has 0 saturated carbocycles. The van der Waals surface area contributed by atoms with Gasteiger partial charge in [-0.3, -0.25) is 9.80 Å². The molecule has 0 radical (unpaired) electrons. The molecule has 2 N–H and O–H groups in total. The number of rotatable bonds is 6. The first-order chi connectivity index (χ1) is 14.1. The van der Waals surface area contributed by atoms with Gasteiger partial charge in [-0.25, -0.2) is 9.48 Å². The molecule has 1 aliphatic heterocycles. The highest BCUT2D eigenvalue weighted by molar-refractivity contribution is 6.38. The van der Waals surface area contributed by atoms with E-state index in [4.69, 9.17) is 10.5 Å². The molecule has 0 saturated heterocycles. The number of carbonyl (C=O) groups excluding carboxylic acids is 2. The molecule has 1 atom stereocenters. The maximum absolute atomic E-state index is 12.5. The molecule has 1 unspecified atom stereocenters. The number of hydrogen-bond donors (Lipinski definition) is 1. The summed E-state index contributed by atoms with van der Waals surface area (Å²) in [4.78, 5) is 24.3. The minimum absolute atomic E-state index is 0.101. The largest absolute Gasteiger partial charge is 0.456 e. The molecule has 1 aromatic heterocycles. The molecule has 8 heteroatoms. The third-order valence-corrected chi connectivity index (χ3v) is 4.57. The van der Waals surface area contributed by atoms with Crippen LogP contribution in [0.1, 0.15) is 12.0 Å². The van der Waals surface area contributed by atoms with Gasteiger partial charge in [0.05, 0.1) is 11.4 Å². The van der Waals surface area contributed by atoms with Gasteiger partial charge in [-0.1, -0.05) is 30.3 Å². The zero-order valence-corrected chi connectivity index (χ0v) is 15.5. The lowest BCUT2D eigenvalue weighted by atomic mass is 10.1. The Bertz CT molecular complexity index is 1030. The monoisotopic (exact) mass is 389 g/mol. The van der Waals surface area contributed by atoms with Crippen molar-refractivity contribution in [3.63, 3.8) is 0 Å². The number of anilines is 1. The minimum Gasteiger partial charge on any atom is -0.456 e. The quantitative estimate of drug-likeness (QED) is 0.650. The first-order valence-corrected chi connectivity index (χ1v) is 9.09. The number of amides is 1. The molecule has 2 heterocycles. The normalized spacial score (nSPS) is 15.8. The van der Waals surface area contributed by atoms with E-state index >= 15 is 0 Å². The van der Waals surface area contributed by atoms with Crippen LogP contribution in [0.5, 0.6) is 0 Å². The van der Waals surface area contributed by atoms with Gasteiger partial charge in [0, 0.05) is 18.8 Å². The summed E-state index contributed by atoms with van der Waals surface area (Å²) >= 11 is 0. The Morgan fingerprint density at radius 2 is 1.79 bits per heavy atom. The molecule has 29 heavy (non-hydrogen) atoms. The fourth-order valence-corrected chi connectivity index (χ4v) is 3.07. The molecule has 0 spiro atoms. The van der Waals surface area contributed by atoms with Gasteiger partial charge in [0.25, 0.3) is 0 Å². The lowest BCUT2D eigenvalue weighted by molar-refractivity contribution is -0.136. The number of carbonyl (C=O) groups is 2. The predicted molar refractivity (Wildman–Crippen MR) is 107 cm³/mol. The van der Waals surface area contributed by atoms with Gasteiger partial charge in [-0.15, -0.1) is 0 Å². The highest BCUT2D eigenvalue weighted by Gasteiger charge is 2.35. The summed E-state index contributed by atoms with van der Waals surface area (Å²) in [6.45, 7) is 0.101. The summed E-state index contributed by atoms with van der Waals surface area (Å²) in [7, 11) is 0. The number of primary amides is 1. The average Bonchev–Trinajstić information content (AvgIpc) is 3.43. The van der Waals surface area contributed by atoms with E-state index in [9.17, 15) is 9.59 Å². The lowest BCUT2D eigenvalue weighted by Gasteiger charge is -2.20. The fourth-order valence-electron chi connectivity index (χ4n) is 3.07. The smallest absolute Gasteiger partial charge is 0.354 e. The summed E-state index contributed by atoms with van der Waals surface area (Å²) in [6.07, 6.45) is 3.66. The maximum atomic E-state index is 12.5. The van der Waals surface area contributed by atoms with Crippen molar-refractivity contribution in [2.45, 2.75) is 19.1 Å². The number of aromatic nitrogens is 2. The molecule has 2 aromatic carbocycles. The number of benzene rings is 2. The lowest BCUT2D eigenvalue weighted by Crippen LogP contribution is -2.39. The van der Waals surface area contributed by atoms with Crippen molar-refractivity contribution in [3.05, 3.63) is 78.6 Å². The Balaban J connectivity index is 1.42. The number of nitrogens with zero attached hydrogens (tertiary/aromatic N) is 4. The van der Waals surface area contributed by atoms with Gasteiger partial charge in [0.15, 0.2) is 0 Å². The van der Waals surface area contributed by atoms with Crippen molar-refractivity contribution < 1.29 is 14.3 Å². The van der Waals surface area contributed by atoms with E-state index in [0.717, 1.165) is 11.3 Å².